The van der Waals surface area contributed by atoms with Crippen LogP contribution in [0, 0.1) is 0 Å². The Morgan fingerprint density at radius 3 is 2.25 bits per heavy atom. The van der Waals surface area contributed by atoms with Gasteiger partial charge in [-0.15, -0.1) is 0 Å². The van der Waals surface area contributed by atoms with E-state index in [1.165, 1.54) is 6.08 Å². The van der Waals surface area contributed by atoms with E-state index in [1.54, 1.807) is 6.08 Å². The van der Waals surface area contributed by atoms with Gasteiger partial charge in [-0.25, -0.2) is 4.39 Å². The summed E-state index contributed by atoms with van der Waals surface area (Å²) in [7, 11) is 0. The number of hydrogen-bond donors (Lipinski definition) is 1. The van der Waals surface area contributed by atoms with E-state index in [-0.39, 0.29) is 0 Å². The van der Waals surface area contributed by atoms with Crippen LogP contribution in [0.5, 0.6) is 0 Å². The molecular formula is C10H18FN. The molecule has 0 amide bonds. The van der Waals surface area contributed by atoms with Gasteiger partial charge < -0.3 is 5.32 Å². The fourth-order valence-corrected chi connectivity index (χ4v) is 0.555. The fraction of sp³-hybridized carbons (Fsp3) is 0.400. The molecule has 0 unspecified atom stereocenters. The van der Waals surface area contributed by atoms with Gasteiger partial charge in [-0.2, -0.15) is 0 Å². The minimum atomic E-state index is -0.462. The van der Waals surface area contributed by atoms with E-state index in [0.29, 0.717) is 5.70 Å². The van der Waals surface area contributed by atoms with Gasteiger partial charge in [0, 0.05) is 12.2 Å². The molecular weight excluding hydrogens is 153 g/mol. The van der Waals surface area contributed by atoms with E-state index in [1.807, 2.05) is 20.8 Å². The molecule has 0 radical (unpaired) electrons. The first-order valence-electron chi connectivity index (χ1n) is 4.13. The summed E-state index contributed by atoms with van der Waals surface area (Å²) in [6.07, 6.45) is 2.85. The third kappa shape index (κ3) is 8.95. The Labute approximate surface area is 74.7 Å². The smallest absolute Gasteiger partial charge is 0.118 e. The summed E-state index contributed by atoms with van der Waals surface area (Å²) in [5, 5.41) is 2.91. The lowest BCUT2D eigenvalue weighted by molar-refractivity contribution is 0.667. The zero-order valence-corrected chi connectivity index (χ0v) is 8.15. The molecule has 0 spiro atoms. The molecule has 0 aromatic carbocycles. The number of allylic oxidation sites excluding steroid dienone is 3. The SMILES string of the molecule is C=C/C(=C\C(=C)F)NCC.CC. The van der Waals surface area contributed by atoms with E-state index in [2.05, 4.69) is 18.5 Å². The van der Waals surface area contributed by atoms with Crippen LogP contribution in [0.1, 0.15) is 20.8 Å². The second-order valence-electron chi connectivity index (χ2n) is 1.78. The van der Waals surface area contributed by atoms with Crippen LogP contribution < -0.4 is 5.32 Å². The van der Waals surface area contributed by atoms with Crippen LogP contribution in [0.3, 0.4) is 0 Å². The molecule has 1 nitrogen and oxygen atoms in total. The van der Waals surface area contributed by atoms with Gasteiger partial charge >= 0.3 is 0 Å². The van der Waals surface area contributed by atoms with Crippen molar-refractivity contribution >= 4 is 0 Å². The Morgan fingerprint density at radius 2 is 2.00 bits per heavy atom. The van der Waals surface area contributed by atoms with Crippen LogP contribution in [0.2, 0.25) is 0 Å². The topological polar surface area (TPSA) is 12.0 Å². The van der Waals surface area contributed by atoms with Crippen molar-refractivity contribution in [3.05, 3.63) is 36.8 Å². The van der Waals surface area contributed by atoms with Crippen molar-refractivity contribution in [2.24, 2.45) is 0 Å². The summed E-state index contributed by atoms with van der Waals surface area (Å²) in [6, 6.07) is 0. The van der Waals surface area contributed by atoms with E-state index in [9.17, 15) is 4.39 Å². The molecule has 12 heavy (non-hydrogen) atoms. The van der Waals surface area contributed by atoms with Crippen LogP contribution in [0.15, 0.2) is 36.8 Å². The zero-order chi connectivity index (χ0) is 9.98. The Hall–Kier alpha value is -1.05. The number of likely N-dealkylation sites (N-methyl/N-ethyl adjacent to an activating group) is 1. The van der Waals surface area contributed by atoms with Gasteiger partial charge in [0.15, 0.2) is 0 Å². The van der Waals surface area contributed by atoms with E-state index >= 15 is 0 Å². The van der Waals surface area contributed by atoms with Crippen LogP contribution in [-0.4, -0.2) is 6.54 Å². The normalized spacial score (nSPS) is 9.50. The standard InChI is InChI=1S/C8H12FN.C2H6/c1-4-8(10-5-2)6-7(3)9;1-2/h4,6,10H,1,3,5H2,2H3;1-2H3/b8-6+;. The van der Waals surface area contributed by atoms with Crippen molar-refractivity contribution in [2.75, 3.05) is 6.54 Å². The minimum Gasteiger partial charge on any atom is -0.385 e. The third-order valence-electron chi connectivity index (χ3n) is 0.913. The fourth-order valence-electron chi connectivity index (χ4n) is 0.555. The highest BCUT2D eigenvalue weighted by Crippen LogP contribution is 1.98. The molecule has 0 saturated heterocycles. The van der Waals surface area contributed by atoms with Crippen molar-refractivity contribution < 1.29 is 4.39 Å². The third-order valence-corrected chi connectivity index (χ3v) is 0.913. The molecule has 0 aliphatic heterocycles. The van der Waals surface area contributed by atoms with Crippen LogP contribution in [0.4, 0.5) is 4.39 Å². The first-order valence-corrected chi connectivity index (χ1v) is 4.13. The number of hydrogen-bond acceptors (Lipinski definition) is 1. The molecule has 0 aliphatic carbocycles. The van der Waals surface area contributed by atoms with Crippen LogP contribution in [0.25, 0.3) is 0 Å². The quantitative estimate of drug-likeness (QED) is 0.640. The molecule has 0 heterocycles. The molecule has 0 aromatic heterocycles. The average Bonchev–Trinajstić information content (AvgIpc) is 2.07. The lowest BCUT2D eigenvalue weighted by Crippen LogP contribution is -2.09. The highest BCUT2D eigenvalue weighted by molar-refractivity contribution is 5.22. The summed E-state index contributed by atoms with van der Waals surface area (Å²) in [5.41, 5.74) is 0.662. The second-order valence-corrected chi connectivity index (χ2v) is 1.78. The van der Waals surface area contributed by atoms with Crippen molar-refractivity contribution in [3.8, 4) is 0 Å². The van der Waals surface area contributed by atoms with Gasteiger partial charge in [0.1, 0.15) is 5.83 Å². The number of halogens is 1. The summed E-state index contributed by atoms with van der Waals surface area (Å²) >= 11 is 0. The maximum absolute atomic E-state index is 12.1. The van der Waals surface area contributed by atoms with Gasteiger partial charge in [0.05, 0.1) is 0 Å². The summed E-state index contributed by atoms with van der Waals surface area (Å²) in [4.78, 5) is 0. The Bertz CT molecular complexity index is 159. The summed E-state index contributed by atoms with van der Waals surface area (Å²) < 4.78 is 12.1. The van der Waals surface area contributed by atoms with Crippen LogP contribution in [-0.2, 0) is 0 Å². The molecule has 0 aliphatic rings. The molecule has 1 N–H and O–H groups in total. The van der Waals surface area contributed by atoms with Gasteiger partial charge in [0.2, 0.25) is 0 Å². The van der Waals surface area contributed by atoms with E-state index in [0.717, 1.165) is 6.54 Å². The highest BCUT2D eigenvalue weighted by Gasteiger charge is 1.87. The maximum Gasteiger partial charge on any atom is 0.118 e. The Morgan fingerprint density at radius 1 is 1.50 bits per heavy atom. The molecule has 0 saturated carbocycles. The second kappa shape index (κ2) is 9.95. The molecule has 0 rings (SSSR count). The van der Waals surface area contributed by atoms with Gasteiger partial charge in [0.25, 0.3) is 0 Å². The molecule has 0 fully saturated rings. The predicted octanol–water partition coefficient (Wildman–Crippen LogP) is 3.18. The van der Waals surface area contributed by atoms with E-state index in [4.69, 9.17) is 0 Å². The average molecular weight is 171 g/mol. The zero-order valence-electron chi connectivity index (χ0n) is 8.15. The Kier molecular flexibility index (Phi) is 11.2. The monoisotopic (exact) mass is 171 g/mol. The number of rotatable bonds is 4. The summed E-state index contributed by atoms with van der Waals surface area (Å²) in [5.74, 6) is -0.462. The van der Waals surface area contributed by atoms with Gasteiger partial charge in [-0.1, -0.05) is 27.0 Å². The molecule has 0 atom stereocenters. The van der Waals surface area contributed by atoms with E-state index < -0.39 is 5.83 Å². The minimum absolute atomic E-state index is 0.462. The Balaban J connectivity index is 0. The highest BCUT2D eigenvalue weighted by atomic mass is 19.1. The van der Waals surface area contributed by atoms with Gasteiger partial charge in [-0.3, -0.25) is 0 Å². The molecule has 0 bridgehead atoms. The summed E-state index contributed by atoms with van der Waals surface area (Å²) in [6.45, 7) is 13.3. The largest absolute Gasteiger partial charge is 0.385 e. The van der Waals surface area contributed by atoms with Crippen molar-refractivity contribution in [1.29, 1.82) is 0 Å². The lowest BCUT2D eigenvalue weighted by atomic mass is 10.3. The maximum atomic E-state index is 12.1. The van der Waals surface area contributed by atoms with Crippen molar-refractivity contribution in [3.63, 3.8) is 0 Å². The van der Waals surface area contributed by atoms with Crippen LogP contribution >= 0.6 is 0 Å². The molecule has 70 valence electrons. The number of nitrogens with one attached hydrogen (secondary N) is 1. The molecule has 2 heteroatoms. The predicted molar refractivity (Wildman–Crippen MR) is 53.6 cm³/mol. The lowest BCUT2D eigenvalue weighted by Gasteiger charge is -2.00. The van der Waals surface area contributed by atoms with Crippen molar-refractivity contribution in [1.82, 2.24) is 5.32 Å². The van der Waals surface area contributed by atoms with Gasteiger partial charge in [-0.05, 0) is 19.1 Å². The molecule has 0 aromatic rings. The first-order chi connectivity index (χ1) is 5.70. The van der Waals surface area contributed by atoms with Crippen molar-refractivity contribution in [2.45, 2.75) is 20.8 Å². The first kappa shape index (κ1) is 13.5.